The summed E-state index contributed by atoms with van der Waals surface area (Å²) >= 11 is 0. The van der Waals surface area contributed by atoms with E-state index in [1.54, 1.807) is 0 Å². The smallest absolute Gasteiger partial charge is 0.380 e. The molecule has 162 valence electrons. The third-order valence-corrected chi connectivity index (χ3v) is 6.06. The van der Waals surface area contributed by atoms with Crippen LogP contribution in [0.3, 0.4) is 0 Å². The summed E-state index contributed by atoms with van der Waals surface area (Å²) in [6.07, 6.45) is 4.69. The lowest BCUT2D eigenvalue weighted by molar-refractivity contribution is -0.0476. The van der Waals surface area contributed by atoms with Gasteiger partial charge in [-0.25, -0.2) is 16.8 Å². The first-order chi connectivity index (χ1) is 12.0. The number of hydrogen-bond donors (Lipinski definition) is 1. The van der Waals surface area contributed by atoms with Crippen molar-refractivity contribution in [3.8, 4) is 0 Å². The molecule has 1 N–H and O–H groups in total. The van der Waals surface area contributed by atoms with Crippen LogP contribution in [0.4, 0.5) is 26.3 Å². The van der Waals surface area contributed by atoms with Gasteiger partial charge in [-0.2, -0.15) is 26.3 Å². The van der Waals surface area contributed by atoms with Gasteiger partial charge in [0, 0.05) is 32.6 Å². The first-order valence-corrected chi connectivity index (χ1v) is 10.1. The molecule has 0 amide bonds. The van der Waals surface area contributed by atoms with Crippen LogP contribution in [0.2, 0.25) is 0 Å². The van der Waals surface area contributed by atoms with Crippen molar-refractivity contribution in [1.29, 1.82) is 0 Å². The third kappa shape index (κ3) is 7.71. The summed E-state index contributed by atoms with van der Waals surface area (Å²) in [7, 11) is -11.1. The van der Waals surface area contributed by atoms with Crippen molar-refractivity contribution in [3.63, 3.8) is 0 Å². The fourth-order valence-electron chi connectivity index (χ4n) is 1.49. The lowest BCUT2D eigenvalue weighted by atomic mass is 10.4. The predicted octanol–water partition coefficient (Wildman–Crippen LogP) is 1.36. The van der Waals surface area contributed by atoms with E-state index in [1.165, 1.54) is 0 Å². The summed E-state index contributed by atoms with van der Waals surface area (Å²) in [5.74, 6) is 0. The number of ether oxygens (including phenoxy) is 1. The van der Waals surface area contributed by atoms with E-state index < -0.39 is 35.2 Å². The molecule has 0 saturated carbocycles. The molecule has 0 radical (unpaired) electrons. The molecule has 1 heterocycles. The molecule has 0 bridgehead atoms. The third-order valence-electron chi connectivity index (χ3n) is 3.09. The molecule has 0 saturated heterocycles. The first kappa shape index (κ1) is 25.7. The zero-order valence-corrected chi connectivity index (χ0v) is 16.0. The zero-order chi connectivity index (χ0) is 21.7. The second kappa shape index (κ2) is 9.29. The van der Waals surface area contributed by atoms with Gasteiger partial charge in [0.1, 0.15) is 0 Å². The fourth-order valence-corrected chi connectivity index (χ4v) is 3.40. The predicted molar refractivity (Wildman–Crippen MR) is 82.6 cm³/mol. The van der Waals surface area contributed by atoms with Gasteiger partial charge in [-0.3, -0.25) is 0 Å². The second-order valence-corrected chi connectivity index (χ2v) is 8.62. The quantitative estimate of drug-likeness (QED) is 0.481. The summed E-state index contributed by atoms with van der Waals surface area (Å²) in [4.78, 5) is 4.46. The molecular weight excluding hydrogens is 432 g/mol. The largest absolute Gasteiger partial charge is 0.512 e. The number of sulfonamides is 2. The Morgan fingerprint density at radius 3 is 1.74 bits per heavy atom. The number of nitrogens with zero attached hydrogens (tertiary/aromatic N) is 2. The summed E-state index contributed by atoms with van der Waals surface area (Å²) < 4.78 is 114. The van der Waals surface area contributed by atoms with E-state index in [0.29, 0.717) is 6.17 Å². The standard InChI is InChI=1S/C9H18N2O.C2HF6NO4S2/c1-4-12-8-7-11-6-5-10(3)9(11)2;3-1(4,5)14(10,11)9-15(12,13)2(6,7)8/h5-6,9H,4,7-8H2,1-3H3;9H. The molecule has 0 aromatic carbocycles. The molecule has 0 aromatic heterocycles. The highest BCUT2D eigenvalue weighted by Crippen LogP contribution is 2.27. The van der Waals surface area contributed by atoms with Crippen LogP contribution < -0.4 is 4.13 Å². The van der Waals surface area contributed by atoms with Crippen molar-refractivity contribution in [1.82, 2.24) is 13.9 Å². The van der Waals surface area contributed by atoms with Crippen molar-refractivity contribution >= 4 is 20.0 Å². The molecule has 0 fully saturated rings. The molecule has 1 aliphatic rings. The van der Waals surface area contributed by atoms with Crippen molar-refractivity contribution in [2.75, 3.05) is 26.8 Å². The van der Waals surface area contributed by atoms with Crippen LogP contribution >= 0.6 is 0 Å². The maximum atomic E-state index is 11.5. The van der Waals surface area contributed by atoms with Crippen molar-refractivity contribution < 1.29 is 47.9 Å². The average molecular weight is 451 g/mol. The van der Waals surface area contributed by atoms with Crippen LogP contribution in [0, 0.1) is 0 Å². The topological polar surface area (TPSA) is 96.0 Å². The van der Waals surface area contributed by atoms with Gasteiger partial charge in [0.15, 0.2) is 0 Å². The van der Waals surface area contributed by atoms with Crippen LogP contribution in [0.15, 0.2) is 12.4 Å². The number of hydrogen-bond acceptors (Lipinski definition) is 7. The first-order valence-electron chi connectivity index (χ1n) is 7.11. The fraction of sp³-hybridized carbons (Fsp3) is 0.818. The van der Waals surface area contributed by atoms with Crippen LogP contribution in [-0.4, -0.2) is 70.6 Å². The molecule has 1 rings (SSSR count). The van der Waals surface area contributed by atoms with E-state index in [2.05, 4.69) is 36.2 Å². The lowest BCUT2D eigenvalue weighted by Gasteiger charge is -2.26. The maximum Gasteiger partial charge on any atom is 0.512 e. The van der Waals surface area contributed by atoms with Crippen molar-refractivity contribution in [2.45, 2.75) is 31.0 Å². The van der Waals surface area contributed by atoms with Gasteiger partial charge in [-0.15, -0.1) is 0 Å². The minimum Gasteiger partial charge on any atom is -0.380 e. The highest BCUT2D eigenvalue weighted by molar-refractivity contribution is 8.05. The van der Waals surface area contributed by atoms with E-state index in [-0.39, 0.29) is 0 Å². The Labute approximate surface area is 152 Å². The normalized spacial score (nSPS) is 18.5. The Morgan fingerprint density at radius 2 is 1.44 bits per heavy atom. The van der Waals surface area contributed by atoms with Gasteiger partial charge in [-0.05, 0) is 13.8 Å². The highest BCUT2D eigenvalue weighted by Gasteiger charge is 2.55. The summed E-state index contributed by atoms with van der Waals surface area (Å²) in [5, 5.41) is 0. The van der Waals surface area contributed by atoms with E-state index >= 15 is 0 Å². The molecule has 1 aliphatic heterocycles. The van der Waals surface area contributed by atoms with Gasteiger partial charge in [0.25, 0.3) is 0 Å². The van der Waals surface area contributed by atoms with E-state index in [4.69, 9.17) is 4.74 Å². The average Bonchev–Trinajstić information content (AvgIpc) is 2.77. The van der Waals surface area contributed by atoms with Gasteiger partial charge in [0.05, 0.1) is 12.8 Å². The highest BCUT2D eigenvalue weighted by atomic mass is 32.3. The maximum absolute atomic E-state index is 11.5. The Balaban J connectivity index is 0.000000511. The monoisotopic (exact) mass is 451 g/mol. The minimum absolute atomic E-state index is 0.477. The van der Waals surface area contributed by atoms with Gasteiger partial charge < -0.3 is 14.5 Å². The number of rotatable bonds is 6. The number of halogens is 6. The summed E-state index contributed by atoms with van der Waals surface area (Å²) in [6.45, 7) is 6.82. The van der Waals surface area contributed by atoms with E-state index in [0.717, 1.165) is 19.8 Å². The molecule has 0 aliphatic carbocycles. The summed E-state index contributed by atoms with van der Waals surface area (Å²) in [5.41, 5.74) is -12.3. The molecule has 0 spiro atoms. The lowest BCUT2D eigenvalue weighted by Crippen LogP contribution is -2.45. The number of alkyl halides is 6. The molecule has 1 atom stereocenters. The zero-order valence-electron chi connectivity index (χ0n) is 14.4. The van der Waals surface area contributed by atoms with Gasteiger partial charge in [-0.1, -0.05) is 4.13 Å². The second-order valence-electron chi connectivity index (χ2n) is 5.01. The van der Waals surface area contributed by atoms with E-state index in [1.807, 2.05) is 6.92 Å². The molecule has 8 nitrogen and oxygen atoms in total. The SMILES string of the molecule is CCOCCN1C=CN(C)C1C.O=S(=O)(NS(=O)(=O)C(F)(F)F)C(F)(F)F. The van der Waals surface area contributed by atoms with Crippen LogP contribution in [0.5, 0.6) is 0 Å². The van der Waals surface area contributed by atoms with Crippen molar-refractivity contribution in [2.24, 2.45) is 0 Å². The minimum atomic E-state index is -6.60. The van der Waals surface area contributed by atoms with Gasteiger partial charge in [0.2, 0.25) is 0 Å². The molecular formula is C11H19F6N3O5S2. The molecule has 0 aromatic rings. The summed E-state index contributed by atoms with van der Waals surface area (Å²) in [6, 6.07) is 0. The Hall–Kier alpha value is -1.26. The van der Waals surface area contributed by atoms with Crippen LogP contribution in [-0.2, 0) is 24.8 Å². The Morgan fingerprint density at radius 1 is 1.00 bits per heavy atom. The Kier molecular flexibility index (Phi) is 8.86. The molecule has 1 unspecified atom stereocenters. The van der Waals surface area contributed by atoms with Crippen molar-refractivity contribution in [3.05, 3.63) is 12.4 Å². The van der Waals surface area contributed by atoms with Gasteiger partial charge >= 0.3 is 31.1 Å². The Bertz CT molecular complexity index is 663. The van der Waals surface area contributed by atoms with E-state index in [9.17, 15) is 43.2 Å². The molecule has 27 heavy (non-hydrogen) atoms. The van der Waals surface area contributed by atoms with Crippen LogP contribution in [0.25, 0.3) is 0 Å². The number of nitrogens with one attached hydrogen (secondary N) is 1. The molecule has 16 heteroatoms. The van der Waals surface area contributed by atoms with Crippen LogP contribution in [0.1, 0.15) is 13.8 Å².